The van der Waals surface area contributed by atoms with E-state index in [1.54, 1.807) is 0 Å². The molecule has 1 unspecified atom stereocenters. The highest BCUT2D eigenvalue weighted by molar-refractivity contribution is 7.91. The van der Waals surface area contributed by atoms with Crippen molar-refractivity contribution in [2.24, 2.45) is 4.40 Å². The maximum absolute atomic E-state index is 12.2. The lowest BCUT2D eigenvalue weighted by Gasteiger charge is -2.19. The second-order valence-electron chi connectivity index (χ2n) is 5.41. The van der Waals surface area contributed by atoms with Crippen molar-refractivity contribution < 1.29 is 4.55 Å². The second-order valence-corrected chi connectivity index (χ2v) is 7.70. The lowest BCUT2D eigenvalue weighted by atomic mass is 10.1. The Hall–Kier alpha value is -0.510. The summed E-state index contributed by atoms with van der Waals surface area (Å²) in [4.78, 5) is 0. The first-order chi connectivity index (χ1) is 8.95. The second kappa shape index (κ2) is 7.93. The number of hydrogen-bond acceptors (Lipinski definition) is 2. The van der Waals surface area contributed by atoms with Crippen LogP contribution >= 0.6 is 11.6 Å². The van der Waals surface area contributed by atoms with E-state index in [0.29, 0.717) is 5.88 Å². The first-order valence-corrected chi connectivity index (χ1v) is 8.20. The van der Waals surface area contributed by atoms with E-state index in [4.69, 9.17) is 11.6 Å². The van der Waals surface area contributed by atoms with Crippen LogP contribution in [-0.2, 0) is 11.4 Å². The van der Waals surface area contributed by atoms with Gasteiger partial charge in [0.05, 0.1) is 5.71 Å². The van der Waals surface area contributed by atoms with Crippen LogP contribution in [0.4, 0.5) is 0 Å². The summed E-state index contributed by atoms with van der Waals surface area (Å²) in [6, 6.07) is 9.96. The van der Waals surface area contributed by atoms with Crippen molar-refractivity contribution in [3.8, 4) is 0 Å². The van der Waals surface area contributed by atoms with Gasteiger partial charge in [-0.3, -0.25) is 0 Å². The van der Waals surface area contributed by atoms with Crippen molar-refractivity contribution in [3.05, 3.63) is 35.9 Å². The van der Waals surface area contributed by atoms with Crippen LogP contribution in [0.15, 0.2) is 34.7 Å². The Balaban J connectivity index is 2.89. The number of halogens is 1. The van der Waals surface area contributed by atoms with Gasteiger partial charge in [0.15, 0.2) is 0 Å². The Morgan fingerprint density at radius 3 is 2.37 bits per heavy atom. The van der Waals surface area contributed by atoms with Gasteiger partial charge in [0.1, 0.15) is 16.1 Å². The number of nitrogens with zero attached hydrogens (tertiary/aromatic N) is 1. The van der Waals surface area contributed by atoms with Crippen LogP contribution in [0.5, 0.6) is 0 Å². The summed E-state index contributed by atoms with van der Waals surface area (Å²) < 4.78 is 16.3. The number of rotatable bonds is 6. The maximum Gasteiger partial charge on any atom is 0.144 e. The minimum absolute atomic E-state index is 0.327. The summed E-state index contributed by atoms with van der Waals surface area (Å²) in [5.74, 6) is 0.657. The Kier molecular flexibility index (Phi) is 6.90. The molecule has 0 aliphatic carbocycles. The third-order valence-electron chi connectivity index (χ3n) is 2.62. The fourth-order valence-electron chi connectivity index (χ4n) is 1.50. The number of alkyl halides is 1. The molecule has 1 aromatic carbocycles. The van der Waals surface area contributed by atoms with Crippen LogP contribution in [0.3, 0.4) is 0 Å². The molecule has 106 valence electrons. The molecule has 0 saturated heterocycles. The quantitative estimate of drug-likeness (QED) is 0.333. The number of unbranched alkanes of at least 4 members (excludes halogenated alkanes) is 1. The largest absolute Gasteiger partial charge is 0.591 e. The first-order valence-electron chi connectivity index (χ1n) is 6.56. The summed E-state index contributed by atoms with van der Waals surface area (Å²) in [6.07, 6.45) is 2.74. The normalized spacial score (nSPS) is 14.5. The van der Waals surface area contributed by atoms with E-state index in [1.807, 2.05) is 51.1 Å². The Morgan fingerprint density at radius 1 is 1.21 bits per heavy atom. The van der Waals surface area contributed by atoms with Crippen LogP contribution in [-0.4, -0.2) is 20.9 Å². The molecule has 1 atom stereocenters. The highest BCUT2D eigenvalue weighted by Crippen LogP contribution is 2.20. The van der Waals surface area contributed by atoms with E-state index in [2.05, 4.69) is 4.40 Å². The summed E-state index contributed by atoms with van der Waals surface area (Å²) in [5, 5.41) is 0. The lowest BCUT2D eigenvalue weighted by Crippen LogP contribution is -2.27. The maximum atomic E-state index is 12.2. The van der Waals surface area contributed by atoms with Crippen molar-refractivity contribution in [1.82, 2.24) is 0 Å². The van der Waals surface area contributed by atoms with Crippen LogP contribution < -0.4 is 0 Å². The predicted octanol–water partition coefficient (Wildman–Crippen LogP) is 4.35. The summed E-state index contributed by atoms with van der Waals surface area (Å²) in [5.41, 5.74) is 1.97. The van der Waals surface area contributed by atoms with Crippen LogP contribution in [0.2, 0.25) is 0 Å². The molecule has 0 spiro atoms. The molecule has 0 saturated carbocycles. The van der Waals surface area contributed by atoms with E-state index in [-0.39, 0.29) is 4.75 Å². The van der Waals surface area contributed by atoms with Gasteiger partial charge in [-0.05, 0) is 40.0 Å². The molecule has 0 aliphatic heterocycles. The third-order valence-corrected chi connectivity index (χ3v) is 4.32. The van der Waals surface area contributed by atoms with Crippen LogP contribution in [0.25, 0.3) is 0 Å². The molecule has 0 aromatic heterocycles. The molecule has 0 aliphatic rings. The van der Waals surface area contributed by atoms with E-state index in [0.717, 1.165) is 30.5 Å². The first kappa shape index (κ1) is 16.5. The molecule has 0 N–H and O–H groups in total. The van der Waals surface area contributed by atoms with Gasteiger partial charge in [0, 0.05) is 11.4 Å². The highest BCUT2D eigenvalue weighted by atomic mass is 35.5. The molecular formula is C15H22ClNOS. The fourth-order valence-corrected chi connectivity index (χ4v) is 2.36. The SMILES string of the molecule is CC(C)(C)[S+]([O-])N=C(CCCCCl)c1ccccc1. The van der Waals surface area contributed by atoms with E-state index in [9.17, 15) is 4.55 Å². The van der Waals surface area contributed by atoms with Gasteiger partial charge < -0.3 is 4.55 Å². The third kappa shape index (κ3) is 5.98. The molecule has 0 amide bonds. The molecule has 19 heavy (non-hydrogen) atoms. The number of benzene rings is 1. The van der Waals surface area contributed by atoms with Crippen molar-refractivity contribution in [1.29, 1.82) is 0 Å². The monoisotopic (exact) mass is 299 g/mol. The standard InChI is InChI=1S/C15H22ClNOS/c1-15(2,3)19(18)17-14(11-7-8-12-16)13-9-5-4-6-10-13/h4-6,9-10H,7-8,11-12H2,1-3H3. The molecule has 0 radical (unpaired) electrons. The molecular weight excluding hydrogens is 278 g/mol. The van der Waals surface area contributed by atoms with Gasteiger partial charge in [-0.25, -0.2) is 0 Å². The Bertz CT molecular complexity index is 400. The lowest BCUT2D eigenvalue weighted by molar-refractivity contribution is 0.561. The van der Waals surface area contributed by atoms with Gasteiger partial charge in [-0.2, -0.15) is 0 Å². The molecule has 0 bridgehead atoms. The molecule has 0 heterocycles. The predicted molar refractivity (Wildman–Crippen MR) is 85.4 cm³/mol. The number of hydrogen-bond donors (Lipinski definition) is 0. The van der Waals surface area contributed by atoms with E-state index < -0.39 is 11.4 Å². The minimum atomic E-state index is -1.22. The highest BCUT2D eigenvalue weighted by Gasteiger charge is 2.27. The average Bonchev–Trinajstić information content (AvgIpc) is 2.37. The summed E-state index contributed by atoms with van der Waals surface area (Å²) in [6.45, 7) is 5.82. The Labute approximate surface area is 124 Å². The van der Waals surface area contributed by atoms with Crippen molar-refractivity contribution >= 4 is 28.7 Å². The van der Waals surface area contributed by atoms with Crippen molar-refractivity contribution in [2.45, 2.75) is 44.8 Å². The van der Waals surface area contributed by atoms with Crippen molar-refractivity contribution in [2.75, 3.05) is 5.88 Å². The molecule has 4 heteroatoms. The fraction of sp³-hybridized carbons (Fsp3) is 0.533. The zero-order chi connectivity index (χ0) is 14.3. The molecule has 1 aromatic rings. The Morgan fingerprint density at radius 2 is 1.84 bits per heavy atom. The molecule has 1 rings (SSSR count). The van der Waals surface area contributed by atoms with Crippen LogP contribution in [0, 0.1) is 0 Å². The molecule has 0 fully saturated rings. The smallest absolute Gasteiger partial charge is 0.144 e. The topological polar surface area (TPSA) is 35.4 Å². The van der Waals surface area contributed by atoms with Gasteiger partial charge in [0.25, 0.3) is 0 Å². The van der Waals surface area contributed by atoms with Crippen molar-refractivity contribution in [3.63, 3.8) is 0 Å². The minimum Gasteiger partial charge on any atom is -0.591 e. The average molecular weight is 300 g/mol. The van der Waals surface area contributed by atoms with E-state index in [1.165, 1.54) is 0 Å². The zero-order valence-electron chi connectivity index (χ0n) is 11.9. The van der Waals surface area contributed by atoms with E-state index >= 15 is 0 Å². The summed E-state index contributed by atoms with van der Waals surface area (Å²) in [7, 11) is 0. The molecule has 2 nitrogen and oxygen atoms in total. The summed E-state index contributed by atoms with van der Waals surface area (Å²) >= 11 is 4.49. The zero-order valence-corrected chi connectivity index (χ0v) is 13.4. The van der Waals surface area contributed by atoms with Crippen LogP contribution in [0.1, 0.15) is 45.6 Å². The van der Waals surface area contributed by atoms with Gasteiger partial charge >= 0.3 is 0 Å². The van der Waals surface area contributed by atoms with Gasteiger partial charge in [-0.15, -0.1) is 11.6 Å². The van der Waals surface area contributed by atoms with Gasteiger partial charge in [0.2, 0.25) is 0 Å². The van der Waals surface area contributed by atoms with Gasteiger partial charge in [-0.1, -0.05) is 34.7 Å².